The number of rotatable bonds is 11. The first kappa shape index (κ1) is 22.4. The van der Waals surface area contributed by atoms with E-state index in [-0.39, 0.29) is 11.8 Å². The van der Waals surface area contributed by atoms with Crippen molar-refractivity contribution in [3.8, 4) is 0 Å². The first-order valence-electron chi connectivity index (χ1n) is 7.95. The highest BCUT2D eigenvalue weighted by atomic mass is 16.4. The van der Waals surface area contributed by atoms with Crippen molar-refractivity contribution in [2.75, 3.05) is 13.1 Å². The molecule has 0 unspecified atom stereocenters. The van der Waals surface area contributed by atoms with Crippen molar-refractivity contribution >= 4 is 29.6 Å². The van der Waals surface area contributed by atoms with Crippen LogP contribution in [0.3, 0.4) is 0 Å². The lowest BCUT2D eigenvalue weighted by Crippen LogP contribution is -2.50. The molecule has 0 fully saturated rings. The molecule has 0 saturated heterocycles. The van der Waals surface area contributed by atoms with Gasteiger partial charge in [0, 0.05) is 20.4 Å². The molecule has 0 aliphatic heterocycles. The lowest BCUT2D eigenvalue weighted by molar-refractivity contribution is -0.141. The van der Waals surface area contributed by atoms with E-state index in [1.165, 1.54) is 20.8 Å². The Kier molecular flexibility index (Phi) is 10.6. The van der Waals surface area contributed by atoms with E-state index in [2.05, 4.69) is 21.3 Å². The molecule has 10 heteroatoms. The minimum absolute atomic E-state index is 0.141. The Morgan fingerprint density at radius 1 is 0.920 bits per heavy atom. The summed E-state index contributed by atoms with van der Waals surface area (Å²) in [5.41, 5.74) is 0. The number of nitrogens with one attached hydrogen (secondary N) is 4. The summed E-state index contributed by atoms with van der Waals surface area (Å²) >= 11 is 0. The summed E-state index contributed by atoms with van der Waals surface area (Å²) in [6, 6.07) is -1.87. The fraction of sp³-hybridized carbons (Fsp3) is 0.667. The van der Waals surface area contributed by atoms with Gasteiger partial charge in [0.15, 0.2) is 0 Å². The molecule has 0 spiro atoms. The summed E-state index contributed by atoms with van der Waals surface area (Å²) < 4.78 is 0. The van der Waals surface area contributed by atoms with Crippen LogP contribution in [0.1, 0.15) is 40.0 Å². The molecule has 0 aromatic heterocycles. The maximum atomic E-state index is 12.1. The standard InChI is InChI=1S/C15H26N4O6/c1-9(15(24)25)18-13(22)8-17-14(23)12(19-11(3)21)6-4-5-7-16-10(2)20/h9,12H,4-8H2,1-3H3,(H,16,20)(H,17,23)(H,18,22)(H,19,21)(H,24,25)/t9-,12+/m1/s1. The van der Waals surface area contributed by atoms with Gasteiger partial charge in [-0.05, 0) is 26.2 Å². The maximum absolute atomic E-state index is 12.1. The molecule has 0 rings (SSSR count). The van der Waals surface area contributed by atoms with E-state index in [0.29, 0.717) is 25.8 Å². The lowest BCUT2D eigenvalue weighted by atomic mass is 10.1. The molecule has 4 amide bonds. The molecule has 2 atom stereocenters. The van der Waals surface area contributed by atoms with Crippen LogP contribution in [0, 0.1) is 0 Å². The van der Waals surface area contributed by atoms with Gasteiger partial charge in [-0.15, -0.1) is 0 Å². The quantitative estimate of drug-likeness (QED) is 0.283. The summed E-state index contributed by atoms with van der Waals surface area (Å²) in [5, 5.41) is 18.4. The third kappa shape index (κ3) is 11.5. The zero-order chi connectivity index (χ0) is 19.4. The van der Waals surface area contributed by atoms with Crippen molar-refractivity contribution in [1.82, 2.24) is 21.3 Å². The van der Waals surface area contributed by atoms with E-state index in [1.807, 2.05) is 0 Å². The van der Waals surface area contributed by atoms with Gasteiger partial charge in [-0.25, -0.2) is 0 Å². The summed E-state index contributed by atoms with van der Waals surface area (Å²) in [7, 11) is 0. The molecule has 0 aromatic rings. The fourth-order valence-electron chi connectivity index (χ4n) is 1.90. The molecule has 0 heterocycles. The number of carbonyl (C=O) groups is 5. The van der Waals surface area contributed by atoms with E-state index in [1.54, 1.807) is 0 Å². The van der Waals surface area contributed by atoms with Crippen LogP contribution in [0.5, 0.6) is 0 Å². The predicted molar refractivity (Wildman–Crippen MR) is 88.4 cm³/mol. The van der Waals surface area contributed by atoms with Gasteiger partial charge in [0.05, 0.1) is 6.54 Å². The van der Waals surface area contributed by atoms with Crippen LogP contribution in [0.2, 0.25) is 0 Å². The SMILES string of the molecule is CC(=O)NCCCC[C@H](NC(C)=O)C(=O)NCC(=O)N[C@H](C)C(=O)O. The van der Waals surface area contributed by atoms with Gasteiger partial charge < -0.3 is 26.4 Å². The van der Waals surface area contributed by atoms with Crippen molar-refractivity contribution in [2.45, 2.75) is 52.1 Å². The Morgan fingerprint density at radius 2 is 1.56 bits per heavy atom. The first-order valence-corrected chi connectivity index (χ1v) is 7.95. The molecule has 0 bridgehead atoms. The van der Waals surface area contributed by atoms with E-state index in [0.717, 1.165) is 0 Å². The monoisotopic (exact) mass is 358 g/mol. The fourth-order valence-corrected chi connectivity index (χ4v) is 1.90. The molecule has 0 aromatic carbocycles. The number of hydrogen-bond acceptors (Lipinski definition) is 5. The Balaban J connectivity index is 4.34. The van der Waals surface area contributed by atoms with Crippen LogP contribution in [0.15, 0.2) is 0 Å². The van der Waals surface area contributed by atoms with E-state index in [9.17, 15) is 24.0 Å². The number of carboxylic acids is 1. The molecule has 25 heavy (non-hydrogen) atoms. The zero-order valence-corrected chi connectivity index (χ0v) is 14.7. The van der Waals surface area contributed by atoms with E-state index in [4.69, 9.17) is 5.11 Å². The second-order valence-corrected chi connectivity index (χ2v) is 5.58. The van der Waals surface area contributed by atoms with Crippen molar-refractivity contribution in [3.63, 3.8) is 0 Å². The third-order valence-electron chi connectivity index (χ3n) is 3.16. The summed E-state index contributed by atoms with van der Waals surface area (Å²) in [6.07, 6.45) is 1.57. The zero-order valence-electron chi connectivity index (χ0n) is 14.7. The maximum Gasteiger partial charge on any atom is 0.325 e. The van der Waals surface area contributed by atoms with Crippen LogP contribution >= 0.6 is 0 Å². The largest absolute Gasteiger partial charge is 0.480 e. The molecule has 0 aliphatic carbocycles. The second-order valence-electron chi connectivity index (χ2n) is 5.58. The number of carboxylic acid groups (broad SMARTS) is 1. The molecule has 10 nitrogen and oxygen atoms in total. The van der Waals surface area contributed by atoms with Crippen molar-refractivity contribution in [3.05, 3.63) is 0 Å². The second kappa shape index (κ2) is 11.8. The van der Waals surface area contributed by atoms with Gasteiger partial charge in [0.1, 0.15) is 12.1 Å². The average molecular weight is 358 g/mol. The minimum atomic E-state index is -1.19. The molecule has 5 N–H and O–H groups in total. The minimum Gasteiger partial charge on any atom is -0.480 e. The van der Waals surface area contributed by atoms with Crippen molar-refractivity contribution in [1.29, 1.82) is 0 Å². The highest BCUT2D eigenvalue weighted by Gasteiger charge is 2.20. The van der Waals surface area contributed by atoms with Gasteiger partial charge in [-0.2, -0.15) is 0 Å². The third-order valence-corrected chi connectivity index (χ3v) is 3.16. The van der Waals surface area contributed by atoms with Crippen LogP contribution in [0.25, 0.3) is 0 Å². The summed E-state index contributed by atoms with van der Waals surface area (Å²) in [6.45, 7) is 4.07. The first-order chi connectivity index (χ1) is 11.6. The Labute approximate surface area is 146 Å². The Bertz CT molecular complexity index is 508. The summed E-state index contributed by atoms with van der Waals surface area (Å²) in [4.78, 5) is 56.2. The van der Waals surface area contributed by atoms with E-state index < -0.39 is 36.4 Å². The summed E-state index contributed by atoms with van der Waals surface area (Å²) in [5.74, 6) is -2.89. The number of amides is 4. The Morgan fingerprint density at radius 3 is 2.08 bits per heavy atom. The number of unbranched alkanes of at least 4 members (excludes halogenated alkanes) is 1. The average Bonchev–Trinajstić information content (AvgIpc) is 2.50. The van der Waals surface area contributed by atoms with Crippen LogP contribution in [-0.2, 0) is 24.0 Å². The topological polar surface area (TPSA) is 154 Å². The predicted octanol–water partition coefficient (Wildman–Crippen LogP) is -1.50. The van der Waals surface area contributed by atoms with Crippen molar-refractivity contribution in [2.24, 2.45) is 0 Å². The Hall–Kier alpha value is -2.65. The smallest absolute Gasteiger partial charge is 0.325 e. The molecule has 0 saturated carbocycles. The van der Waals surface area contributed by atoms with Crippen LogP contribution < -0.4 is 21.3 Å². The van der Waals surface area contributed by atoms with Gasteiger partial charge in [0.25, 0.3) is 0 Å². The van der Waals surface area contributed by atoms with E-state index >= 15 is 0 Å². The lowest BCUT2D eigenvalue weighted by Gasteiger charge is -2.18. The molecule has 0 radical (unpaired) electrons. The van der Waals surface area contributed by atoms with Gasteiger partial charge in [0.2, 0.25) is 23.6 Å². The van der Waals surface area contributed by atoms with Gasteiger partial charge in [-0.1, -0.05) is 0 Å². The molecular weight excluding hydrogens is 332 g/mol. The molecular formula is C15H26N4O6. The number of carbonyl (C=O) groups excluding carboxylic acids is 4. The van der Waals surface area contributed by atoms with Crippen LogP contribution in [0.4, 0.5) is 0 Å². The van der Waals surface area contributed by atoms with Crippen molar-refractivity contribution < 1.29 is 29.1 Å². The molecule has 0 aliphatic rings. The van der Waals surface area contributed by atoms with Crippen LogP contribution in [-0.4, -0.2) is 59.9 Å². The van der Waals surface area contributed by atoms with Gasteiger partial charge >= 0.3 is 5.97 Å². The number of hydrogen-bond donors (Lipinski definition) is 5. The number of aliphatic carboxylic acids is 1. The highest BCUT2D eigenvalue weighted by Crippen LogP contribution is 2.01. The highest BCUT2D eigenvalue weighted by molar-refractivity contribution is 5.91. The normalized spacial score (nSPS) is 12.4. The van der Waals surface area contributed by atoms with Gasteiger partial charge in [-0.3, -0.25) is 24.0 Å². The molecule has 142 valence electrons.